The molecule has 0 spiro atoms. The Morgan fingerprint density at radius 1 is 1.17 bits per heavy atom. The minimum atomic E-state index is -1.24. The summed E-state index contributed by atoms with van der Waals surface area (Å²) in [6.07, 6.45) is 0.214. The SMILES string of the molecule is CC(=O)N(C)CC(=O)OC(C)OC(=O)N(C)[C@]1(c2ccccc2Cl)CCCCC1=O. The van der Waals surface area contributed by atoms with E-state index in [0.717, 1.165) is 12.8 Å². The van der Waals surface area contributed by atoms with Gasteiger partial charge in [0.25, 0.3) is 0 Å². The molecule has 2 amide bonds. The van der Waals surface area contributed by atoms with Crippen LogP contribution in [0, 0.1) is 0 Å². The van der Waals surface area contributed by atoms with Crippen molar-refractivity contribution in [3.63, 3.8) is 0 Å². The molecule has 164 valence electrons. The van der Waals surface area contributed by atoms with Gasteiger partial charge in [0.15, 0.2) is 5.78 Å². The van der Waals surface area contributed by atoms with E-state index < -0.39 is 23.9 Å². The monoisotopic (exact) mass is 438 g/mol. The van der Waals surface area contributed by atoms with Crippen LogP contribution >= 0.6 is 11.6 Å². The highest BCUT2D eigenvalue weighted by Crippen LogP contribution is 2.42. The van der Waals surface area contributed by atoms with E-state index in [2.05, 4.69) is 0 Å². The van der Waals surface area contributed by atoms with Gasteiger partial charge in [-0.3, -0.25) is 19.3 Å². The molecule has 0 saturated heterocycles. The van der Waals surface area contributed by atoms with Gasteiger partial charge >= 0.3 is 12.1 Å². The summed E-state index contributed by atoms with van der Waals surface area (Å²) in [5.74, 6) is -1.13. The first kappa shape index (κ1) is 23.7. The van der Waals surface area contributed by atoms with Gasteiger partial charge in [0.1, 0.15) is 12.1 Å². The lowest BCUT2D eigenvalue weighted by Crippen LogP contribution is -2.54. The number of amides is 2. The van der Waals surface area contributed by atoms with Crippen LogP contribution in [-0.4, -0.2) is 60.5 Å². The number of carbonyl (C=O) groups excluding carboxylic acids is 4. The molecule has 2 atom stereocenters. The summed E-state index contributed by atoms with van der Waals surface area (Å²) in [5.41, 5.74) is -0.699. The lowest BCUT2D eigenvalue weighted by atomic mass is 9.74. The Balaban J connectivity index is 2.17. The van der Waals surface area contributed by atoms with Gasteiger partial charge in [-0.1, -0.05) is 29.8 Å². The quantitative estimate of drug-likeness (QED) is 0.500. The Kier molecular flexibility index (Phi) is 7.83. The molecule has 1 unspecified atom stereocenters. The molecule has 8 nitrogen and oxygen atoms in total. The van der Waals surface area contributed by atoms with Crippen molar-refractivity contribution < 1.29 is 28.7 Å². The zero-order chi connectivity index (χ0) is 22.5. The van der Waals surface area contributed by atoms with Crippen molar-refractivity contribution in [2.45, 2.75) is 51.4 Å². The van der Waals surface area contributed by atoms with Crippen LogP contribution in [0.3, 0.4) is 0 Å². The van der Waals surface area contributed by atoms with Gasteiger partial charge < -0.3 is 14.4 Å². The van der Waals surface area contributed by atoms with E-state index in [1.54, 1.807) is 24.3 Å². The van der Waals surface area contributed by atoms with Gasteiger partial charge in [-0.05, 0) is 25.3 Å². The molecule has 1 aromatic carbocycles. The lowest BCUT2D eigenvalue weighted by Gasteiger charge is -2.43. The first-order valence-electron chi connectivity index (χ1n) is 9.73. The summed E-state index contributed by atoms with van der Waals surface area (Å²) in [5, 5.41) is 0.388. The highest BCUT2D eigenvalue weighted by Gasteiger charge is 2.48. The standard InChI is InChI=1S/C21H27ClN2O6/c1-14(25)23(3)13-19(27)29-15(2)30-20(28)24(4)21(12-8-7-11-18(21)26)16-9-5-6-10-17(16)22/h5-6,9-10,15H,7-8,11-13H2,1-4H3/t15?,21-/m0/s1. The molecular weight excluding hydrogens is 412 g/mol. The van der Waals surface area contributed by atoms with Crippen molar-refractivity contribution >= 4 is 35.4 Å². The maximum Gasteiger partial charge on any atom is 0.413 e. The lowest BCUT2D eigenvalue weighted by molar-refractivity contribution is -0.169. The second-order valence-corrected chi connectivity index (χ2v) is 7.75. The number of rotatable bonds is 6. The summed E-state index contributed by atoms with van der Waals surface area (Å²) < 4.78 is 10.3. The zero-order valence-electron chi connectivity index (χ0n) is 17.6. The average molecular weight is 439 g/mol. The number of halogens is 1. The molecular formula is C21H27ClN2O6. The van der Waals surface area contributed by atoms with Gasteiger partial charge in [0, 0.05) is 44.9 Å². The first-order chi connectivity index (χ1) is 14.1. The molecule has 0 aliphatic heterocycles. The number of ketones is 1. The third-order valence-corrected chi connectivity index (χ3v) is 5.62. The third-order valence-electron chi connectivity index (χ3n) is 5.29. The molecule has 0 N–H and O–H groups in total. The fourth-order valence-electron chi connectivity index (χ4n) is 3.56. The van der Waals surface area contributed by atoms with E-state index in [4.69, 9.17) is 21.1 Å². The topological polar surface area (TPSA) is 93.2 Å². The summed E-state index contributed by atoms with van der Waals surface area (Å²) in [4.78, 5) is 51.4. The maximum absolute atomic E-state index is 13.0. The largest absolute Gasteiger partial charge is 0.424 e. The Labute approximate surface area is 181 Å². The predicted molar refractivity (Wildman–Crippen MR) is 110 cm³/mol. The molecule has 30 heavy (non-hydrogen) atoms. The molecule has 0 bridgehead atoms. The van der Waals surface area contributed by atoms with Crippen molar-refractivity contribution in [3.05, 3.63) is 34.9 Å². The highest BCUT2D eigenvalue weighted by atomic mass is 35.5. The van der Waals surface area contributed by atoms with Crippen LogP contribution in [0.4, 0.5) is 4.79 Å². The number of nitrogens with zero attached hydrogens (tertiary/aromatic N) is 2. The van der Waals surface area contributed by atoms with Gasteiger partial charge in [0.2, 0.25) is 12.2 Å². The smallest absolute Gasteiger partial charge is 0.413 e. The number of hydrogen-bond acceptors (Lipinski definition) is 6. The van der Waals surface area contributed by atoms with Gasteiger partial charge in [0.05, 0.1) is 0 Å². The highest BCUT2D eigenvalue weighted by molar-refractivity contribution is 6.31. The molecule has 2 rings (SSSR count). The van der Waals surface area contributed by atoms with Crippen LogP contribution < -0.4 is 0 Å². The number of benzene rings is 1. The number of hydrogen-bond donors (Lipinski definition) is 0. The number of carbonyl (C=O) groups is 4. The second-order valence-electron chi connectivity index (χ2n) is 7.35. The van der Waals surface area contributed by atoms with E-state index in [-0.39, 0.29) is 18.2 Å². The van der Waals surface area contributed by atoms with Crippen LogP contribution in [0.5, 0.6) is 0 Å². The molecule has 1 saturated carbocycles. The van der Waals surface area contributed by atoms with Gasteiger partial charge in [-0.25, -0.2) is 4.79 Å². The molecule has 1 aromatic rings. The minimum absolute atomic E-state index is 0.117. The molecule has 0 radical (unpaired) electrons. The Morgan fingerprint density at radius 3 is 2.43 bits per heavy atom. The maximum atomic E-state index is 13.0. The van der Waals surface area contributed by atoms with E-state index in [1.165, 1.54) is 37.7 Å². The fraction of sp³-hybridized carbons (Fsp3) is 0.524. The Hall–Kier alpha value is -2.61. The van der Waals surface area contributed by atoms with E-state index in [1.807, 2.05) is 0 Å². The number of esters is 1. The molecule has 1 fully saturated rings. The van der Waals surface area contributed by atoms with Crippen molar-refractivity contribution in [1.82, 2.24) is 9.80 Å². The summed E-state index contributed by atoms with van der Waals surface area (Å²) in [6.45, 7) is 2.44. The van der Waals surface area contributed by atoms with Crippen LogP contribution in [0.25, 0.3) is 0 Å². The van der Waals surface area contributed by atoms with Crippen molar-refractivity contribution in [2.75, 3.05) is 20.6 Å². The molecule has 1 aliphatic rings. The van der Waals surface area contributed by atoms with Crippen LogP contribution in [-0.2, 0) is 29.4 Å². The Bertz CT molecular complexity index is 829. The van der Waals surface area contributed by atoms with Crippen molar-refractivity contribution in [1.29, 1.82) is 0 Å². The van der Waals surface area contributed by atoms with Crippen LogP contribution in [0.15, 0.2) is 24.3 Å². The zero-order valence-corrected chi connectivity index (χ0v) is 18.4. The van der Waals surface area contributed by atoms with Crippen LogP contribution in [0.1, 0.15) is 45.1 Å². The van der Waals surface area contributed by atoms with Gasteiger partial charge in [-0.2, -0.15) is 0 Å². The minimum Gasteiger partial charge on any atom is -0.424 e. The Morgan fingerprint density at radius 2 is 1.83 bits per heavy atom. The molecule has 1 aliphatic carbocycles. The normalized spacial score (nSPS) is 19.6. The number of Topliss-reactive ketones (excluding diaryl/α,β-unsaturated/α-hetero) is 1. The van der Waals surface area contributed by atoms with E-state index in [9.17, 15) is 19.2 Å². The third kappa shape index (κ3) is 5.11. The first-order valence-corrected chi connectivity index (χ1v) is 10.1. The second kappa shape index (κ2) is 9.93. The summed E-state index contributed by atoms with van der Waals surface area (Å²) >= 11 is 6.38. The van der Waals surface area contributed by atoms with Crippen molar-refractivity contribution in [2.24, 2.45) is 0 Å². The van der Waals surface area contributed by atoms with Gasteiger partial charge in [-0.15, -0.1) is 0 Å². The fourth-order valence-corrected chi connectivity index (χ4v) is 3.85. The summed E-state index contributed by atoms with van der Waals surface area (Å²) in [6, 6.07) is 6.93. The van der Waals surface area contributed by atoms with E-state index >= 15 is 0 Å². The number of likely N-dealkylation sites (N-methyl/N-ethyl adjacent to an activating group) is 2. The molecule has 9 heteroatoms. The predicted octanol–water partition coefficient (Wildman–Crippen LogP) is 3.11. The molecule has 0 aromatic heterocycles. The van der Waals surface area contributed by atoms with Crippen LogP contribution in [0.2, 0.25) is 5.02 Å². The van der Waals surface area contributed by atoms with E-state index in [0.29, 0.717) is 23.4 Å². The molecule has 0 heterocycles. The average Bonchev–Trinajstić information content (AvgIpc) is 2.68. The van der Waals surface area contributed by atoms with Crippen molar-refractivity contribution in [3.8, 4) is 0 Å². The summed E-state index contributed by atoms with van der Waals surface area (Å²) in [7, 11) is 2.93. The number of ether oxygens (including phenoxy) is 2.